The van der Waals surface area contributed by atoms with E-state index in [4.69, 9.17) is 9.47 Å². The number of rotatable bonds is 11. The van der Waals surface area contributed by atoms with Gasteiger partial charge in [-0.15, -0.1) is 0 Å². The van der Waals surface area contributed by atoms with Gasteiger partial charge in [0, 0.05) is 11.9 Å². The molecule has 7 heteroatoms. The fraction of sp³-hybridized carbons (Fsp3) is 0.257. The van der Waals surface area contributed by atoms with Crippen molar-refractivity contribution in [1.82, 2.24) is 10.2 Å². The Hall–Kier alpha value is -4.46. The van der Waals surface area contributed by atoms with Crippen LogP contribution < -0.4 is 10.1 Å². The molecule has 2 N–H and O–H groups in total. The zero-order chi connectivity index (χ0) is 30.3. The lowest BCUT2D eigenvalue weighted by atomic mass is 9.96. The quantitative estimate of drug-likeness (QED) is 0.162. The van der Waals surface area contributed by atoms with Gasteiger partial charge in [0.15, 0.2) is 5.66 Å². The monoisotopic (exact) mass is 566 g/mol. The van der Waals surface area contributed by atoms with Gasteiger partial charge >= 0.3 is 11.9 Å². The van der Waals surface area contributed by atoms with Crippen molar-refractivity contribution in [2.45, 2.75) is 32.0 Å². The van der Waals surface area contributed by atoms with Gasteiger partial charge in [0.1, 0.15) is 18.0 Å². The normalized spacial score (nSPS) is 13.5. The second kappa shape index (κ2) is 13.0. The predicted molar refractivity (Wildman–Crippen MR) is 166 cm³/mol. The number of hydrogen-bond acceptors (Lipinski definition) is 6. The van der Waals surface area contributed by atoms with Gasteiger partial charge in [-0.1, -0.05) is 84.9 Å². The highest BCUT2D eigenvalue weighted by molar-refractivity contribution is 5.88. The van der Waals surface area contributed by atoms with Crippen LogP contribution in [0.4, 0.5) is 0 Å². The average molecular weight is 567 g/mol. The zero-order valence-electron chi connectivity index (χ0n) is 24.8. The van der Waals surface area contributed by atoms with Crippen molar-refractivity contribution in [3.8, 4) is 5.75 Å². The molecule has 4 aromatic carbocycles. The van der Waals surface area contributed by atoms with Crippen LogP contribution in [0.2, 0.25) is 0 Å². The molecule has 0 fully saturated rings. The SMILES string of the molecule is CN(C)C(NCC(=Cc1ccc(C(=O)O)cc1)COc1cccc2ccccc12)(C(=O)OC(C)(C)C)c1ccccc1. The van der Waals surface area contributed by atoms with Gasteiger partial charge in [-0.3, -0.25) is 10.2 Å². The Bertz CT molecular complexity index is 1550. The Morgan fingerprint density at radius 3 is 2.14 bits per heavy atom. The highest BCUT2D eigenvalue weighted by atomic mass is 16.6. The molecular formula is C35H38N2O5. The molecule has 1 atom stereocenters. The third-order valence-corrected chi connectivity index (χ3v) is 6.82. The van der Waals surface area contributed by atoms with E-state index in [1.165, 1.54) is 0 Å². The maximum absolute atomic E-state index is 13.9. The first kappa shape index (κ1) is 30.5. The Labute approximate surface area is 247 Å². The van der Waals surface area contributed by atoms with Gasteiger partial charge in [-0.05, 0) is 75.2 Å². The summed E-state index contributed by atoms with van der Waals surface area (Å²) in [5.41, 5.74) is 0.614. The number of nitrogens with one attached hydrogen (secondary N) is 1. The second-order valence-electron chi connectivity index (χ2n) is 11.3. The lowest BCUT2D eigenvalue weighted by molar-refractivity contribution is -0.172. The fourth-order valence-corrected chi connectivity index (χ4v) is 4.76. The molecule has 0 aromatic heterocycles. The molecule has 4 rings (SSSR count). The number of ether oxygens (including phenoxy) is 2. The smallest absolute Gasteiger partial charge is 0.346 e. The summed E-state index contributed by atoms with van der Waals surface area (Å²) < 4.78 is 12.3. The van der Waals surface area contributed by atoms with Crippen molar-refractivity contribution >= 4 is 28.8 Å². The van der Waals surface area contributed by atoms with Crippen LogP contribution in [-0.2, 0) is 15.2 Å². The average Bonchev–Trinajstić information content (AvgIpc) is 2.95. The molecule has 1 unspecified atom stereocenters. The molecule has 0 saturated carbocycles. The number of carboxylic acid groups (broad SMARTS) is 1. The predicted octanol–water partition coefficient (Wildman–Crippen LogP) is 6.35. The number of nitrogens with zero attached hydrogens (tertiary/aromatic N) is 1. The topological polar surface area (TPSA) is 88.1 Å². The van der Waals surface area contributed by atoms with E-state index in [1.807, 2.05) is 119 Å². The summed E-state index contributed by atoms with van der Waals surface area (Å²) in [6.45, 7) is 6.05. The standard InChI is InChI=1S/C35H38N2O5/c1-34(2,3)42-33(40)35(37(4)5,29-14-7-6-8-15-29)36-23-26(22-25-18-20-28(21-19-25)32(38)39)24-41-31-17-11-13-27-12-9-10-16-30(27)31/h6-22,36H,23-24H2,1-5H3,(H,38,39). The highest BCUT2D eigenvalue weighted by Gasteiger charge is 2.45. The zero-order valence-corrected chi connectivity index (χ0v) is 24.8. The van der Waals surface area contributed by atoms with Gasteiger partial charge < -0.3 is 14.6 Å². The van der Waals surface area contributed by atoms with Crippen LogP contribution in [0.5, 0.6) is 5.75 Å². The van der Waals surface area contributed by atoms with Gasteiger partial charge in [-0.2, -0.15) is 0 Å². The maximum Gasteiger partial charge on any atom is 0.346 e. The summed E-state index contributed by atoms with van der Waals surface area (Å²) in [4.78, 5) is 27.1. The Morgan fingerprint density at radius 1 is 0.857 bits per heavy atom. The minimum Gasteiger partial charge on any atom is -0.489 e. The summed E-state index contributed by atoms with van der Waals surface area (Å²) >= 11 is 0. The summed E-state index contributed by atoms with van der Waals surface area (Å²) in [6.07, 6.45) is 1.95. The summed E-state index contributed by atoms with van der Waals surface area (Å²) in [7, 11) is 3.68. The number of benzene rings is 4. The highest BCUT2D eigenvalue weighted by Crippen LogP contribution is 2.29. The van der Waals surface area contributed by atoms with Crippen molar-refractivity contribution in [2.75, 3.05) is 27.2 Å². The van der Waals surface area contributed by atoms with Crippen molar-refractivity contribution in [3.63, 3.8) is 0 Å². The lowest BCUT2D eigenvalue weighted by Gasteiger charge is -2.40. The minimum atomic E-state index is -1.29. The van der Waals surface area contributed by atoms with E-state index < -0.39 is 23.2 Å². The van der Waals surface area contributed by atoms with Crippen molar-refractivity contribution in [2.24, 2.45) is 0 Å². The summed E-state index contributed by atoms with van der Waals surface area (Å²) in [5, 5.41) is 14.9. The molecule has 0 aliphatic heterocycles. The van der Waals surface area contributed by atoms with Gasteiger partial charge in [0.25, 0.3) is 0 Å². The number of carboxylic acids is 1. The number of esters is 1. The number of carbonyl (C=O) groups is 2. The molecule has 0 spiro atoms. The Morgan fingerprint density at radius 2 is 1.50 bits per heavy atom. The van der Waals surface area contributed by atoms with Crippen molar-refractivity contribution in [3.05, 3.63) is 119 Å². The van der Waals surface area contributed by atoms with Crippen LogP contribution in [0, 0.1) is 0 Å². The number of aromatic carboxylic acids is 1. The molecule has 0 aliphatic carbocycles. The summed E-state index contributed by atoms with van der Waals surface area (Å²) in [6, 6.07) is 30.1. The first-order valence-electron chi connectivity index (χ1n) is 13.8. The molecule has 0 aliphatic rings. The van der Waals surface area contributed by atoms with Gasteiger partial charge in [-0.25, -0.2) is 9.59 Å². The molecule has 0 radical (unpaired) electrons. The van der Waals surface area contributed by atoms with Gasteiger partial charge in [0.2, 0.25) is 0 Å². The molecule has 0 heterocycles. The molecule has 0 saturated heterocycles. The first-order chi connectivity index (χ1) is 20.0. The summed E-state index contributed by atoms with van der Waals surface area (Å²) in [5.74, 6) is -0.664. The fourth-order valence-electron chi connectivity index (χ4n) is 4.76. The van der Waals surface area contributed by atoms with Crippen LogP contribution >= 0.6 is 0 Å². The molecule has 4 aromatic rings. The lowest BCUT2D eigenvalue weighted by Crippen LogP contribution is -2.61. The molecule has 7 nitrogen and oxygen atoms in total. The second-order valence-corrected chi connectivity index (χ2v) is 11.3. The molecule has 218 valence electrons. The molecular weight excluding hydrogens is 528 g/mol. The van der Waals surface area contributed by atoms with E-state index in [9.17, 15) is 14.7 Å². The van der Waals surface area contributed by atoms with Crippen LogP contribution in [0.1, 0.15) is 42.3 Å². The first-order valence-corrected chi connectivity index (χ1v) is 13.8. The third-order valence-electron chi connectivity index (χ3n) is 6.82. The molecule has 42 heavy (non-hydrogen) atoms. The van der Waals surface area contributed by atoms with Crippen LogP contribution in [0.15, 0.2) is 103 Å². The van der Waals surface area contributed by atoms with Crippen LogP contribution in [0.25, 0.3) is 16.8 Å². The number of likely N-dealkylation sites (N-methyl/N-ethyl adjacent to an activating group) is 1. The largest absolute Gasteiger partial charge is 0.489 e. The number of fused-ring (bicyclic) bond motifs is 1. The van der Waals surface area contributed by atoms with E-state index in [0.717, 1.165) is 33.2 Å². The van der Waals surface area contributed by atoms with Crippen LogP contribution in [0.3, 0.4) is 0 Å². The Kier molecular flexibility index (Phi) is 9.45. The van der Waals surface area contributed by atoms with Crippen LogP contribution in [-0.4, -0.2) is 54.8 Å². The third kappa shape index (κ3) is 7.24. The minimum absolute atomic E-state index is 0.208. The number of hydrogen-bond donors (Lipinski definition) is 2. The van der Waals surface area contributed by atoms with E-state index in [-0.39, 0.29) is 18.7 Å². The van der Waals surface area contributed by atoms with Crippen molar-refractivity contribution < 1.29 is 24.2 Å². The Balaban J connectivity index is 1.71. The molecule has 0 amide bonds. The van der Waals surface area contributed by atoms with Gasteiger partial charge in [0.05, 0.1) is 5.56 Å². The van der Waals surface area contributed by atoms with E-state index in [1.54, 1.807) is 24.3 Å². The van der Waals surface area contributed by atoms with E-state index in [2.05, 4.69) is 5.32 Å². The molecule has 0 bridgehead atoms. The van der Waals surface area contributed by atoms with Crippen molar-refractivity contribution in [1.29, 1.82) is 0 Å². The number of carbonyl (C=O) groups excluding carboxylic acids is 1. The van der Waals surface area contributed by atoms with E-state index >= 15 is 0 Å². The maximum atomic E-state index is 13.9. The van der Waals surface area contributed by atoms with E-state index in [0.29, 0.717) is 0 Å².